The number of carbonyl (C=O) groups excluding carboxylic acids is 1. The summed E-state index contributed by atoms with van der Waals surface area (Å²) in [6.07, 6.45) is 4.61. The third-order valence-electron chi connectivity index (χ3n) is 7.36. The SMILES string of the molecule is CCNC(=O)c1noc(-c2cc(CCc3cccc(F)c3)c(O)cc2O)c1-c1ccc(CN2CCCCC2)cc1. The molecule has 0 atom stereocenters. The van der Waals surface area contributed by atoms with Crippen molar-refractivity contribution < 1.29 is 23.9 Å². The first-order valence-corrected chi connectivity index (χ1v) is 13.8. The lowest BCUT2D eigenvalue weighted by Crippen LogP contribution is -2.29. The Morgan fingerprint density at radius 3 is 2.48 bits per heavy atom. The summed E-state index contributed by atoms with van der Waals surface area (Å²) in [5.41, 5.74) is 4.14. The van der Waals surface area contributed by atoms with Crippen LogP contribution in [0.3, 0.4) is 0 Å². The highest BCUT2D eigenvalue weighted by Crippen LogP contribution is 2.42. The van der Waals surface area contributed by atoms with Crippen molar-refractivity contribution in [2.24, 2.45) is 0 Å². The number of aromatic hydroxyl groups is 2. The lowest BCUT2D eigenvalue weighted by molar-refractivity contribution is 0.0947. The topological polar surface area (TPSA) is 98.8 Å². The Kier molecular flexibility index (Phi) is 8.45. The van der Waals surface area contributed by atoms with Crippen LogP contribution < -0.4 is 5.32 Å². The summed E-state index contributed by atoms with van der Waals surface area (Å²) in [6, 6.07) is 17.2. The number of nitrogens with zero attached hydrogens (tertiary/aromatic N) is 2. The van der Waals surface area contributed by atoms with Crippen molar-refractivity contribution in [3.63, 3.8) is 0 Å². The van der Waals surface area contributed by atoms with E-state index in [4.69, 9.17) is 4.52 Å². The quantitative estimate of drug-likeness (QED) is 0.237. The lowest BCUT2D eigenvalue weighted by atomic mass is 9.95. The zero-order valence-corrected chi connectivity index (χ0v) is 22.6. The van der Waals surface area contributed by atoms with Gasteiger partial charge in [-0.1, -0.05) is 48.0 Å². The lowest BCUT2D eigenvalue weighted by Gasteiger charge is -2.26. The number of aromatic nitrogens is 1. The maximum atomic E-state index is 13.6. The summed E-state index contributed by atoms with van der Waals surface area (Å²) >= 11 is 0. The Hall–Kier alpha value is -4.17. The molecule has 0 radical (unpaired) electrons. The number of hydrogen-bond donors (Lipinski definition) is 3. The summed E-state index contributed by atoms with van der Waals surface area (Å²) in [7, 11) is 0. The molecule has 208 valence electrons. The molecule has 1 fully saturated rings. The van der Waals surface area contributed by atoms with Crippen LogP contribution in [0.5, 0.6) is 11.5 Å². The minimum absolute atomic E-state index is 0.0790. The van der Waals surface area contributed by atoms with Gasteiger partial charge in [0, 0.05) is 19.2 Å². The Labute approximate surface area is 233 Å². The molecular weight excluding hydrogens is 509 g/mol. The van der Waals surface area contributed by atoms with Gasteiger partial charge in [-0.05, 0) is 86.1 Å². The molecule has 3 aromatic carbocycles. The third kappa shape index (κ3) is 6.18. The minimum atomic E-state index is -0.380. The van der Waals surface area contributed by atoms with E-state index in [1.54, 1.807) is 12.1 Å². The Balaban J connectivity index is 1.49. The van der Waals surface area contributed by atoms with Crippen LogP contribution in [0.1, 0.15) is 53.4 Å². The summed E-state index contributed by atoms with van der Waals surface area (Å²) in [5.74, 6) is -0.749. The van der Waals surface area contributed by atoms with E-state index < -0.39 is 0 Å². The molecular formula is C32H34FN3O4. The fourth-order valence-electron chi connectivity index (χ4n) is 5.27. The molecule has 1 aliphatic heterocycles. The molecule has 3 N–H and O–H groups in total. The first-order valence-electron chi connectivity index (χ1n) is 13.8. The number of phenols is 2. The molecule has 4 aromatic rings. The second kappa shape index (κ2) is 12.3. The predicted molar refractivity (Wildman–Crippen MR) is 152 cm³/mol. The van der Waals surface area contributed by atoms with Crippen LogP contribution in [0.2, 0.25) is 0 Å². The number of halogens is 1. The number of benzene rings is 3. The van der Waals surface area contributed by atoms with Crippen LogP contribution in [-0.4, -0.2) is 45.8 Å². The average Bonchev–Trinajstić information content (AvgIpc) is 3.39. The normalized spacial score (nSPS) is 13.8. The molecule has 1 saturated heterocycles. The molecule has 2 heterocycles. The summed E-state index contributed by atoms with van der Waals surface area (Å²) in [6.45, 7) is 5.31. The van der Waals surface area contributed by atoms with Crippen LogP contribution in [0.4, 0.5) is 4.39 Å². The standard InChI is InChI=1S/C32H34FN3O4/c1-2-34-32(39)30-29(23-12-10-22(11-13-23)20-36-15-4-3-5-16-36)31(40-35-30)26-18-24(27(37)19-28(26)38)14-9-21-7-6-8-25(33)17-21/h6-8,10-13,17-19,37-38H,2-5,9,14-16,20H2,1H3,(H,34,39). The first kappa shape index (κ1) is 27.4. The maximum absolute atomic E-state index is 13.6. The van der Waals surface area contributed by atoms with E-state index in [1.807, 2.05) is 37.3 Å². The van der Waals surface area contributed by atoms with Gasteiger partial charge in [0.25, 0.3) is 5.91 Å². The monoisotopic (exact) mass is 543 g/mol. The molecule has 1 aliphatic rings. The van der Waals surface area contributed by atoms with Crippen molar-refractivity contribution in [1.82, 2.24) is 15.4 Å². The number of nitrogens with one attached hydrogen (secondary N) is 1. The number of phenolic OH excluding ortho intramolecular Hbond substituents is 2. The van der Waals surface area contributed by atoms with Gasteiger partial charge in [0.05, 0.1) is 11.1 Å². The highest BCUT2D eigenvalue weighted by atomic mass is 19.1. The number of hydrogen-bond acceptors (Lipinski definition) is 6. The average molecular weight is 544 g/mol. The highest BCUT2D eigenvalue weighted by molar-refractivity contribution is 6.02. The van der Waals surface area contributed by atoms with Gasteiger partial charge >= 0.3 is 0 Å². The van der Waals surface area contributed by atoms with Gasteiger partial charge in [0.2, 0.25) is 0 Å². The van der Waals surface area contributed by atoms with Gasteiger partial charge in [0.1, 0.15) is 17.3 Å². The van der Waals surface area contributed by atoms with Gasteiger partial charge < -0.3 is 20.1 Å². The molecule has 5 rings (SSSR count). The van der Waals surface area contributed by atoms with Gasteiger partial charge in [-0.3, -0.25) is 9.69 Å². The number of piperidine rings is 1. The van der Waals surface area contributed by atoms with Crippen molar-refractivity contribution in [2.45, 2.75) is 45.6 Å². The van der Waals surface area contributed by atoms with Gasteiger partial charge in [-0.2, -0.15) is 0 Å². The summed E-state index contributed by atoms with van der Waals surface area (Å²) in [4.78, 5) is 15.4. The maximum Gasteiger partial charge on any atom is 0.274 e. The zero-order valence-electron chi connectivity index (χ0n) is 22.6. The van der Waals surface area contributed by atoms with E-state index in [0.717, 1.165) is 30.8 Å². The number of rotatable bonds is 9. The molecule has 0 unspecified atom stereocenters. The zero-order chi connectivity index (χ0) is 28.1. The molecule has 40 heavy (non-hydrogen) atoms. The Morgan fingerprint density at radius 1 is 0.975 bits per heavy atom. The van der Waals surface area contributed by atoms with E-state index in [0.29, 0.717) is 36.1 Å². The van der Waals surface area contributed by atoms with E-state index in [9.17, 15) is 19.4 Å². The van der Waals surface area contributed by atoms with E-state index >= 15 is 0 Å². The summed E-state index contributed by atoms with van der Waals surface area (Å²) < 4.78 is 19.3. The smallest absolute Gasteiger partial charge is 0.274 e. The van der Waals surface area contributed by atoms with Gasteiger partial charge in [-0.25, -0.2) is 4.39 Å². The number of likely N-dealkylation sites (tertiary alicyclic amines) is 1. The van der Waals surface area contributed by atoms with Crippen LogP contribution in [0.15, 0.2) is 65.2 Å². The molecule has 0 aliphatic carbocycles. The van der Waals surface area contributed by atoms with Gasteiger partial charge in [0.15, 0.2) is 11.5 Å². The van der Waals surface area contributed by atoms with Crippen molar-refractivity contribution in [3.05, 3.63) is 88.9 Å². The molecule has 1 aromatic heterocycles. The second-order valence-electron chi connectivity index (χ2n) is 10.3. The largest absolute Gasteiger partial charge is 0.508 e. The van der Waals surface area contributed by atoms with Crippen molar-refractivity contribution in [1.29, 1.82) is 0 Å². The van der Waals surface area contributed by atoms with Crippen LogP contribution in [0.25, 0.3) is 22.5 Å². The first-order chi connectivity index (χ1) is 19.4. The predicted octanol–water partition coefficient (Wildman–Crippen LogP) is 6.08. The number of carbonyl (C=O) groups is 1. The van der Waals surface area contributed by atoms with Crippen LogP contribution in [-0.2, 0) is 19.4 Å². The fraction of sp³-hybridized carbons (Fsp3) is 0.312. The second-order valence-corrected chi connectivity index (χ2v) is 10.3. The van der Waals surface area contributed by atoms with E-state index in [-0.39, 0.29) is 34.7 Å². The third-order valence-corrected chi connectivity index (χ3v) is 7.36. The Bertz CT molecular complexity index is 1480. The highest BCUT2D eigenvalue weighted by Gasteiger charge is 2.26. The molecule has 0 spiro atoms. The van der Waals surface area contributed by atoms with Gasteiger partial charge in [-0.15, -0.1) is 0 Å². The van der Waals surface area contributed by atoms with Crippen LogP contribution >= 0.6 is 0 Å². The van der Waals surface area contributed by atoms with Crippen molar-refractivity contribution >= 4 is 5.91 Å². The van der Waals surface area contributed by atoms with E-state index in [1.165, 1.54) is 43.0 Å². The molecule has 0 saturated carbocycles. The molecule has 1 amide bonds. The number of aryl methyl sites for hydroxylation is 2. The van der Waals surface area contributed by atoms with Crippen LogP contribution in [0, 0.1) is 5.82 Å². The summed E-state index contributed by atoms with van der Waals surface area (Å²) in [5, 5.41) is 28.3. The Morgan fingerprint density at radius 2 is 1.75 bits per heavy atom. The molecule has 7 nitrogen and oxygen atoms in total. The number of amides is 1. The molecule has 8 heteroatoms. The van der Waals surface area contributed by atoms with Crippen molar-refractivity contribution in [2.75, 3.05) is 19.6 Å². The van der Waals surface area contributed by atoms with E-state index in [2.05, 4.69) is 15.4 Å². The minimum Gasteiger partial charge on any atom is -0.508 e. The molecule has 0 bridgehead atoms. The fourth-order valence-corrected chi connectivity index (χ4v) is 5.27. The van der Waals surface area contributed by atoms with Crippen molar-refractivity contribution in [3.8, 4) is 33.9 Å².